The van der Waals surface area contributed by atoms with Gasteiger partial charge in [0.1, 0.15) is 5.82 Å². The minimum Gasteiger partial charge on any atom is -0.462 e. The molecular formula is C11H7F4NO2. The Labute approximate surface area is 99.6 Å². The van der Waals surface area contributed by atoms with Crippen molar-refractivity contribution in [2.24, 2.45) is 0 Å². The fourth-order valence-corrected chi connectivity index (χ4v) is 1.25. The van der Waals surface area contributed by atoms with Gasteiger partial charge in [-0.05, 0) is 19.1 Å². The molecule has 0 N–H and O–H groups in total. The summed E-state index contributed by atoms with van der Waals surface area (Å²) < 4.78 is 55.4. The van der Waals surface area contributed by atoms with Crippen molar-refractivity contribution < 1.29 is 27.1 Å². The molecule has 0 spiro atoms. The number of benzene rings is 1. The minimum atomic E-state index is -4.99. The maximum absolute atomic E-state index is 13.5. The lowest BCUT2D eigenvalue weighted by Gasteiger charge is -2.11. The highest BCUT2D eigenvalue weighted by Crippen LogP contribution is 2.33. The van der Waals surface area contributed by atoms with Crippen molar-refractivity contribution in [3.63, 3.8) is 0 Å². The molecule has 0 heterocycles. The van der Waals surface area contributed by atoms with Gasteiger partial charge in [-0.3, -0.25) is 0 Å². The Hall–Kier alpha value is -2.10. The summed E-state index contributed by atoms with van der Waals surface area (Å²) in [6.45, 7) is 1.31. The number of rotatable bonds is 2. The Balaban J connectivity index is 3.45. The first-order valence-corrected chi connectivity index (χ1v) is 4.79. The van der Waals surface area contributed by atoms with E-state index in [0.717, 1.165) is 6.07 Å². The summed E-state index contributed by atoms with van der Waals surface area (Å²) in [6, 6.07) is 2.50. The molecule has 0 saturated heterocycles. The average Bonchev–Trinajstić information content (AvgIpc) is 2.28. The van der Waals surface area contributed by atoms with Gasteiger partial charge in [0.05, 0.1) is 29.4 Å². The van der Waals surface area contributed by atoms with Crippen LogP contribution in [0.3, 0.4) is 0 Å². The van der Waals surface area contributed by atoms with E-state index >= 15 is 0 Å². The van der Waals surface area contributed by atoms with Crippen molar-refractivity contribution in [3.05, 3.63) is 34.6 Å². The van der Waals surface area contributed by atoms with Crippen molar-refractivity contribution >= 4 is 5.97 Å². The fraction of sp³-hybridized carbons (Fsp3) is 0.273. The van der Waals surface area contributed by atoms with Gasteiger partial charge in [-0.25, -0.2) is 9.18 Å². The second-order valence-corrected chi connectivity index (χ2v) is 3.22. The summed E-state index contributed by atoms with van der Waals surface area (Å²) in [5, 5.41) is 8.56. The molecule has 7 heteroatoms. The van der Waals surface area contributed by atoms with Crippen molar-refractivity contribution in [2.75, 3.05) is 6.61 Å². The van der Waals surface area contributed by atoms with Gasteiger partial charge < -0.3 is 4.74 Å². The van der Waals surface area contributed by atoms with Crippen LogP contribution in [0.25, 0.3) is 0 Å². The van der Waals surface area contributed by atoms with E-state index in [1.807, 2.05) is 0 Å². The number of hydrogen-bond donors (Lipinski definition) is 0. The maximum atomic E-state index is 13.5. The number of nitriles is 1. The van der Waals surface area contributed by atoms with Crippen molar-refractivity contribution in [1.29, 1.82) is 5.26 Å². The molecule has 1 rings (SSSR count). The van der Waals surface area contributed by atoms with E-state index in [0.29, 0.717) is 6.07 Å². The summed E-state index contributed by atoms with van der Waals surface area (Å²) in [5.41, 5.74) is -3.03. The Morgan fingerprint density at radius 3 is 2.50 bits per heavy atom. The summed E-state index contributed by atoms with van der Waals surface area (Å²) in [4.78, 5) is 11.3. The maximum Gasteiger partial charge on any atom is 0.419 e. The molecule has 0 saturated carbocycles. The smallest absolute Gasteiger partial charge is 0.419 e. The van der Waals surface area contributed by atoms with Crippen LogP contribution >= 0.6 is 0 Å². The number of halogens is 4. The van der Waals surface area contributed by atoms with E-state index in [4.69, 9.17) is 5.26 Å². The molecule has 0 aliphatic carbocycles. The molecule has 0 radical (unpaired) electrons. The fourth-order valence-electron chi connectivity index (χ4n) is 1.25. The van der Waals surface area contributed by atoms with Crippen LogP contribution in [0.4, 0.5) is 17.6 Å². The van der Waals surface area contributed by atoms with E-state index < -0.39 is 34.7 Å². The van der Waals surface area contributed by atoms with E-state index in [1.165, 1.54) is 13.0 Å². The highest BCUT2D eigenvalue weighted by Gasteiger charge is 2.36. The number of carbonyl (C=O) groups is 1. The highest BCUT2D eigenvalue weighted by molar-refractivity contribution is 5.90. The monoisotopic (exact) mass is 261 g/mol. The summed E-state index contributed by atoms with van der Waals surface area (Å²) in [5.74, 6) is -2.97. The third-order valence-corrected chi connectivity index (χ3v) is 2.00. The van der Waals surface area contributed by atoms with E-state index in [9.17, 15) is 22.4 Å². The van der Waals surface area contributed by atoms with Crippen LogP contribution in [-0.4, -0.2) is 12.6 Å². The van der Waals surface area contributed by atoms with Crippen molar-refractivity contribution in [1.82, 2.24) is 0 Å². The number of alkyl halides is 3. The molecule has 3 nitrogen and oxygen atoms in total. The Morgan fingerprint density at radius 2 is 2.06 bits per heavy atom. The molecular weight excluding hydrogens is 254 g/mol. The molecule has 0 fully saturated rings. The highest BCUT2D eigenvalue weighted by atomic mass is 19.4. The van der Waals surface area contributed by atoms with Crippen LogP contribution in [0.2, 0.25) is 0 Å². The molecule has 0 atom stereocenters. The third kappa shape index (κ3) is 2.77. The normalized spacial score (nSPS) is 10.9. The first-order chi connectivity index (χ1) is 8.31. The molecule has 0 amide bonds. The Kier molecular flexibility index (Phi) is 3.91. The second-order valence-electron chi connectivity index (χ2n) is 3.22. The van der Waals surface area contributed by atoms with Gasteiger partial charge in [-0.15, -0.1) is 0 Å². The van der Waals surface area contributed by atoms with E-state index in [-0.39, 0.29) is 6.61 Å². The SMILES string of the molecule is CCOC(=O)c1cc(C#N)cc(C(F)(F)F)c1F. The zero-order valence-electron chi connectivity index (χ0n) is 9.14. The lowest BCUT2D eigenvalue weighted by Crippen LogP contribution is -2.15. The summed E-state index contributed by atoms with van der Waals surface area (Å²) in [7, 11) is 0. The predicted octanol–water partition coefficient (Wildman–Crippen LogP) is 2.89. The second kappa shape index (κ2) is 5.04. The van der Waals surface area contributed by atoms with Gasteiger partial charge >= 0.3 is 12.1 Å². The number of hydrogen-bond acceptors (Lipinski definition) is 3. The Morgan fingerprint density at radius 1 is 1.44 bits per heavy atom. The number of carbonyl (C=O) groups excluding carboxylic acids is 1. The van der Waals surface area contributed by atoms with Gasteiger partial charge in [-0.2, -0.15) is 18.4 Å². The number of ether oxygens (including phenoxy) is 1. The van der Waals surface area contributed by atoms with Crippen molar-refractivity contribution in [3.8, 4) is 6.07 Å². The van der Waals surface area contributed by atoms with Crippen LogP contribution in [0.1, 0.15) is 28.4 Å². The molecule has 0 aromatic heterocycles. The zero-order chi connectivity index (χ0) is 13.9. The van der Waals surface area contributed by atoms with Crippen LogP contribution in [0.15, 0.2) is 12.1 Å². The van der Waals surface area contributed by atoms with Gasteiger partial charge in [0.25, 0.3) is 0 Å². The van der Waals surface area contributed by atoms with E-state index in [2.05, 4.69) is 4.74 Å². The molecule has 96 valence electrons. The lowest BCUT2D eigenvalue weighted by atomic mass is 10.0. The largest absolute Gasteiger partial charge is 0.462 e. The third-order valence-electron chi connectivity index (χ3n) is 2.00. The average molecular weight is 261 g/mol. The van der Waals surface area contributed by atoms with Crippen LogP contribution in [0, 0.1) is 17.1 Å². The molecule has 1 aromatic rings. The van der Waals surface area contributed by atoms with Crippen LogP contribution in [0.5, 0.6) is 0 Å². The standard InChI is InChI=1S/C11H7F4NO2/c1-2-18-10(17)7-3-6(5-16)4-8(9(7)12)11(13,14)15/h3-4H,2H2,1H3. The Bertz CT molecular complexity index is 517. The summed E-state index contributed by atoms with van der Waals surface area (Å²) in [6.07, 6.45) is -4.99. The van der Waals surface area contributed by atoms with Gasteiger partial charge in [0.15, 0.2) is 0 Å². The summed E-state index contributed by atoms with van der Waals surface area (Å²) >= 11 is 0. The van der Waals surface area contributed by atoms with Crippen molar-refractivity contribution in [2.45, 2.75) is 13.1 Å². The zero-order valence-corrected chi connectivity index (χ0v) is 9.14. The molecule has 0 unspecified atom stereocenters. The number of nitrogens with zero attached hydrogens (tertiary/aromatic N) is 1. The van der Waals surface area contributed by atoms with Gasteiger partial charge in [0.2, 0.25) is 0 Å². The molecule has 0 aliphatic rings. The molecule has 0 bridgehead atoms. The van der Waals surface area contributed by atoms with Crippen LogP contribution in [-0.2, 0) is 10.9 Å². The van der Waals surface area contributed by atoms with E-state index in [1.54, 1.807) is 0 Å². The van der Waals surface area contributed by atoms with Gasteiger partial charge in [-0.1, -0.05) is 0 Å². The lowest BCUT2D eigenvalue weighted by molar-refractivity contribution is -0.140. The minimum absolute atomic E-state index is 0.115. The predicted molar refractivity (Wildman–Crippen MR) is 52.1 cm³/mol. The van der Waals surface area contributed by atoms with Gasteiger partial charge in [0, 0.05) is 0 Å². The topological polar surface area (TPSA) is 50.1 Å². The molecule has 0 aliphatic heterocycles. The number of esters is 1. The first-order valence-electron chi connectivity index (χ1n) is 4.79. The molecule has 1 aromatic carbocycles. The van der Waals surface area contributed by atoms with Crippen LogP contribution < -0.4 is 0 Å². The quantitative estimate of drug-likeness (QED) is 0.607. The first kappa shape index (κ1) is 14.0. The molecule has 18 heavy (non-hydrogen) atoms.